The fraction of sp³-hybridized carbons (Fsp3) is 0.250. The first-order valence-corrected chi connectivity index (χ1v) is 6.42. The third-order valence-electron chi connectivity index (χ3n) is 2.94. The van der Waals surface area contributed by atoms with Crippen LogP contribution in [0.1, 0.15) is 13.3 Å². The molecule has 0 atom stereocenters. The highest BCUT2D eigenvalue weighted by Crippen LogP contribution is 2.24. The van der Waals surface area contributed by atoms with Crippen LogP contribution in [0.4, 0.5) is 0 Å². The number of ketones is 2. The average molecular weight is 272 g/mol. The Balaban J connectivity index is 3.20. The van der Waals surface area contributed by atoms with Crippen LogP contribution in [0.2, 0.25) is 0 Å². The second-order valence-electron chi connectivity index (χ2n) is 4.34. The third-order valence-corrected chi connectivity index (χ3v) is 2.94. The number of allylic oxidation sites excluding steroid dienone is 3. The first kappa shape index (κ1) is 15.7. The summed E-state index contributed by atoms with van der Waals surface area (Å²) < 4.78 is 0. The van der Waals surface area contributed by atoms with Crippen LogP contribution in [0.3, 0.4) is 0 Å². The molecule has 0 aromatic carbocycles. The molecule has 1 rings (SSSR count). The van der Waals surface area contributed by atoms with Gasteiger partial charge in [0.25, 0.3) is 0 Å². The number of nitrogens with one attached hydrogen (secondary N) is 2. The summed E-state index contributed by atoms with van der Waals surface area (Å²) in [7, 11) is 0. The summed E-state index contributed by atoms with van der Waals surface area (Å²) in [6.45, 7) is 13.3. The van der Waals surface area contributed by atoms with Crippen LogP contribution in [0.15, 0.2) is 60.5 Å². The van der Waals surface area contributed by atoms with E-state index in [0.717, 1.165) is 0 Å². The van der Waals surface area contributed by atoms with Gasteiger partial charge in [0.05, 0.1) is 11.4 Å². The molecule has 2 N–H and O–H groups in total. The first-order valence-electron chi connectivity index (χ1n) is 6.42. The SMILES string of the molecule is C=CCNC1=C(C)C(=O)C(NCC=C)=C(CC=C)C1=O. The molecule has 0 spiro atoms. The lowest BCUT2D eigenvalue weighted by atomic mass is 9.89. The molecule has 0 fully saturated rings. The van der Waals surface area contributed by atoms with Crippen LogP contribution in [-0.4, -0.2) is 24.7 Å². The molecular weight excluding hydrogens is 252 g/mol. The van der Waals surface area contributed by atoms with Crippen molar-refractivity contribution in [3.63, 3.8) is 0 Å². The predicted octanol–water partition coefficient (Wildman–Crippen LogP) is 1.79. The Morgan fingerprint density at radius 3 is 1.95 bits per heavy atom. The van der Waals surface area contributed by atoms with Gasteiger partial charge in [0.2, 0.25) is 11.6 Å². The van der Waals surface area contributed by atoms with E-state index in [9.17, 15) is 9.59 Å². The van der Waals surface area contributed by atoms with Crippen molar-refractivity contribution in [3.8, 4) is 0 Å². The minimum Gasteiger partial charge on any atom is -0.378 e. The fourth-order valence-corrected chi connectivity index (χ4v) is 1.96. The van der Waals surface area contributed by atoms with Gasteiger partial charge in [0.1, 0.15) is 0 Å². The zero-order valence-corrected chi connectivity index (χ0v) is 11.8. The molecule has 0 heterocycles. The lowest BCUT2D eigenvalue weighted by molar-refractivity contribution is -0.117. The largest absolute Gasteiger partial charge is 0.378 e. The summed E-state index contributed by atoms with van der Waals surface area (Å²) in [5, 5.41) is 5.90. The number of hydrogen-bond acceptors (Lipinski definition) is 4. The minimum atomic E-state index is -0.171. The van der Waals surface area contributed by atoms with E-state index >= 15 is 0 Å². The molecule has 0 aliphatic heterocycles. The van der Waals surface area contributed by atoms with E-state index < -0.39 is 0 Å². The summed E-state index contributed by atoms with van der Waals surface area (Å²) >= 11 is 0. The van der Waals surface area contributed by atoms with Crippen molar-refractivity contribution < 1.29 is 9.59 Å². The molecular formula is C16H20N2O2. The lowest BCUT2D eigenvalue weighted by Crippen LogP contribution is -2.35. The van der Waals surface area contributed by atoms with Crippen LogP contribution < -0.4 is 10.6 Å². The van der Waals surface area contributed by atoms with Gasteiger partial charge in [-0.25, -0.2) is 0 Å². The highest BCUT2D eigenvalue weighted by molar-refractivity contribution is 6.24. The van der Waals surface area contributed by atoms with Crippen LogP contribution >= 0.6 is 0 Å². The molecule has 0 aromatic rings. The van der Waals surface area contributed by atoms with Gasteiger partial charge in [0.15, 0.2) is 0 Å². The molecule has 0 saturated carbocycles. The number of rotatable bonds is 8. The molecule has 106 valence electrons. The number of hydrogen-bond donors (Lipinski definition) is 2. The maximum atomic E-state index is 12.5. The summed E-state index contributed by atoms with van der Waals surface area (Å²) in [5.74, 6) is -0.342. The molecule has 1 aliphatic carbocycles. The summed E-state index contributed by atoms with van der Waals surface area (Å²) in [5.41, 5.74) is 1.53. The highest BCUT2D eigenvalue weighted by Gasteiger charge is 2.31. The van der Waals surface area contributed by atoms with Crippen molar-refractivity contribution in [1.82, 2.24) is 10.6 Å². The Kier molecular flexibility index (Phi) is 5.72. The normalized spacial score (nSPS) is 15.2. The number of Topliss-reactive ketones (excluding diaryl/α,β-unsaturated/α-hetero) is 2. The van der Waals surface area contributed by atoms with Gasteiger partial charge in [-0.05, 0) is 13.3 Å². The van der Waals surface area contributed by atoms with Gasteiger partial charge in [-0.2, -0.15) is 0 Å². The standard InChI is InChI=1S/C16H20N2O2/c1-5-8-12-14(18-10-7-3)15(19)11(4)13(16(12)20)17-9-6-2/h5-7,17-18H,1-3,8-10H2,4H3. The van der Waals surface area contributed by atoms with Crippen LogP contribution in [0.5, 0.6) is 0 Å². The van der Waals surface area contributed by atoms with Crippen molar-refractivity contribution in [1.29, 1.82) is 0 Å². The molecule has 0 radical (unpaired) electrons. The van der Waals surface area contributed by atoms with E-state index in [1.54, 1.807) is 25.2 Å². The lowest BCUT2D eigenvalue weighted by Gasteiger charge is -2.23. The molecule has 4 heteroatoms. The minimum absolute atomic E-state index is 0.171. The monoisotopic (exact) mass is 272 g/mol. The van der Waals surface area contributed by atoms with Gasteiger partial charge in [-0.15, -0.1) is 19.7 Å². The molecule has 20 heavy (non-hydrogen) atoms. The van der Waals surface area contributed by atoms with E-state index in [0.29, 0.717) is 42.1 Å². The van der Waals surface area contributed by atoms with Gasteiger partial charge in [-0.3, -0.25) is 9.59 Å². The van der Waals surface area contributed by atoms with Gasteiger partial charge in [0, 0.05) is 24.2 Å². The van der Waals surface area contributed by atoms with E-state index in [4.69, 9.17) is 0 Å². The van der Waals surface area contributed by atoms with Gasteiger partial charge in [-0.1, -0.05) is 18.2 Å². The van der Waals surface area contributed by atoms with Crippen molar-refractivity contribution >= 4 is 11.6 Å². The molecule has 4 nitrogen and oxygen atoms in total. The van der Waals surface area contributed by atoms with Crippen molar-refractivity contribution in [2.75, 3.05) is 13.1 Å². The molecule has 0 saturated heterocycles. The molecule has 0 aromatic heterocycles. The van der Waals surface area contributed by atoms with Crippen molar-refractivity contribution in [2.24, 2.45) is 0 Å². The Morgan fingerprint density at radius 2 is 1.45 bits per heavy atom. The zero-order valence-electron chi connectivity index (χ0n) is 11.8. The quantitative estimate of drug-likeness (QED) is 0.522. The van der Waals surface area contributed by atoms with Gasteiger partial charge >= 0.3 is 0 Å². The third kappa shape index (κ3) is 3.15. The maximum absolute atomic E-state index is 12.5. The average Bonchev–Trinajstić information content (AvgIpc) is 2.44. The Bertz CT molecular complexity index is 525. The number of carbonyl (C=O) groups excluding carboxylic acids is 2. The first-order chi connectivity index (χ1) is 9.58. The van der Waals surface area contributed by atoms with Crippen LogP contribution in [0.25, 0.3) is 0 Å². The summed E-state index contributed by atoms with van der Waals surface area (Å²) in [6.07, 6.45) is 5.24. The summed E-state index contributed by atoms with van der Waals surface area (Å²) in [4.78, 5) is 24.8. The van der Waals surface area contributed by atoms with Crippen molar-refractivity contribution in [3.05, 3.63) is 60.5 Å². The second-order valence-corrected chi connectivity index (χ2v) is 4.34. The zero-order chi connectivity index (χ0) is 15.1. The topological polar surface area (TPSA) is 58.2 Å². The van der Waals surface area contributed by atoms with E-state index in [1.807, 2.05) is 0 Å². The molecule has 0 bridgehead atoms. The summed E-state index contributed by atoms with van der Waals surface area (Å²) in [6, 6.07) is 0. The van der Waals surface area contributed by atoms with E-state index in [-0.39, 0.29) is 11.6 Å². The van der Waals surface area contributed by atoms with Crippen LogP contribution in [0, 0.1) is 0 Å². The van der Waals surface area contributed by atoms with Crippen molar-refractivity contribution in [2.45, 2.75) is 13.3 Å². The number of carbonyl (C=O) groups is 2. The van der Waals surface area contributed by atoms with E-state index in [1.165, 1.54) is 0 Å². The Labute approximate surface area is 119 Å². The molecule has 1 aliphatic rings. The maximum Gasteiger partial charge on any atom is 0.207 e. The van der Waals surface area contributed by atoms with Gasteiger partial charge < -0.3 is 10.6 Å². The fourth-order valence-electron chi connectivity index (χ4n) is 1.96. The Hall–Kier alpha value is -2.36. The molecule has 0 amide bonds. The highest BCUT2D eigenvalue weighted by atomic mass is 16.1. The smallest absolute Gasteiger partial charge is 0.207 e. The second kappa shape index (κ2) is 7.28. The van der Waals surface area contributed by atoms with Crippen LogP contribution in [-0.2, 0) is 9.59 Å². The Morgan fingerprint density at radius 1 is 0.900 bits per heavy atom. The molecule has 0 unspecified atom stereocenters. The van der Waals surface area contributed by atoms with E-state index in [2.05, 4.69) is 30.4 Å². The predicted molar refractivity (Wildman–Crippen MR) is 81.0 cm³/mol.